The molecule has 0 aliphatic heterocycles. The zero-order chi connectivity index (χ0) is 43.5. The molecule has 0 unspecified atom stereocenters. The maximum Gasteiger partial charge on any atom is 0.0541 e. The monoisotopic (exact) mass is 830 g/mol. The van der Waals surface area contributed by atoms with Crippen LogP contribution in [0.4, 0.5) is 17.1 Å². The van der Waals surface area contributed by atoms with Crippen LogP contribution < -0.4 is 4.90 Å². The van der Waals surface area contributed by atoms with E-state index in [1.165, 1.54) is 94.3 Å². The molecular weight excluding hydrogens is 785 g/mol. The van der Waals surface area contributed by atoms with Gasteiger partial charge in [-0.05, 0) is 122 Å². The van der Waals surface area contributed by atoms with Gasteiger partial charge in [0.25, 0.3) is 0 Å². The number of benzene rings is 10. The van der Waals surface area contributed by atoms with Gasteiger partial charge in [-0.15, -0.1) is 0 Å². The maximum atomic E-state index is 2.42. The number of anilines is 3. The van der Waals surface area contributed by atoms with Gasteiger partial charge in [0.05, 0.1) is 16.7 Å². The number of nitrogens with zero attached hydrogens (tertiary/aromatic N) is 2. The number of para-hydroxylation sites is 3. The van der Waals surface area contributed by atoms with E-state index in [9.17, 15) is 0 Å². The van der Waals surface area contributed by atoms with Gasteiger partial charge in [0.15, 0.2) is 0 Å². The van der Waals surface area contributed by atoms with Crippen LogP contribution in [0.5, 0.6) is 0 Å². The van der Waals surface area contributed by atoms with Gasteiger partial charge in [-0.3, -0.25) is 0 Å². The largest absolute Gasteiger partial charge is 0.310 e. The summed E-state index contributed by atoms with van der Waals surface area (Å²) in [6, 6.07) is 88.6. The highest BCUT2D eigenvalue weighted by Gasteiger charge is 2.39. The molecule has 10 aromatic carbocycles. The fourth-order valence-corrected chi connectivity index (χ4v) is 10.6. The molecule has 0 atom stereocenters. The van der Waals surface area contributed by atoms with E-state index in [1.54, 1.807) is 0 Å². The smallest absolute Gasteiger partial charge is 0.0541 e. The van der Waals surface area contributed by atoms with E-state index >= 15 is 0 Å². The minimum absolute atomic E-state index is 0.218. The molecule has 0 saturated carbocycles. The van der Waals surface area contributed by atoms with Gasteiger partial charge >= 0.3 is 0 Å². The molecule has 2 nitrogen and oxygen atoms in total. The van der Waals surface area contributed by atoms with Crippen molar-refractivity contribution in [2.75, 3.05) is 4.90 Å². The van der Waals surface area contributed by atoms with Gasteiger partial charge in [0.1, 0.15) is 0 Å². The molecule has 0 amide bonds. The van der Waals surface area contributed by atoms with Crippen molar-refractivity contribution in [3.8, 4) is 61.3 Å². The second-order valence-corrected chi connectivity index (χ2v) is 17.7. The lowest BCUT2D eigenvalue weighted by Gasteiger charge is -2.29. The SMILES string of the molecule is CC1(C)c2ccccc2-c2c(-c3ccc4c(c3)c3ccccc3n4-c3ccccc3)ccc(-c3ccc(N(c4ccc(-c5ccccc5)cc4)c4ccccc4-c4ccccc4)cc3)c21. The predicted molar refractivity (Wildman–Crippen MR) is 275 cm³/mol. The van der Waals surface area contributed by atoms with E-state index in [2.05, 4.69) is 266 Å². The number of hydrogen-bond acceptors (Lipinski definition) is 1. The summed E-state index contributed by atoms with van der Waals surface area (Å²) in [4.78, 5) is 2.40. The molecule has 0 N–H and O–H groups in total. The van der Waals surface area contributed by atoms with Crippen LogP contribution in [0.25, 0.3) is 83.1 Å². The molecule has 12 rings (SSSR count). The number of fused-ring (bicyclic) bond motifs is 6. The fourth-order valence-electron chi connectivity index (χ4n) is 10.6. The van der Waals surface area contributed by atoms with Gasteiger partial charge in [0, 0.05) is 38.8 Å². The summed E-state index contributed by atoms with van der Waals surface area (Å²) < 4.78 is 2.39. The van der Waals surface area contributed by atoms with Gasteiger partial charge in [-0.2, -0.15) is 0 Å². The Hall–Kier alpha value is -8.20. The van der Waals surface area contributed by atoms with Crippen molar-refractivity contribution in [3.63, 3.8) is 0 Å². The minimum Gasteiger partial charge on any atom is -0.310 e. The molecule has 0 bridgehead atoms. The van der Waals surface area contributed by atoms with Crippen LogP contribution in [0, 0.1) is 0 Å². The Morgan fingerprint density at radius 3 is 1.58 bits per heavy atom. The second kappa shape index (κ2) is 15.6. The molecule has 0 fully saturated rings. The van der Waals surface area contributed by atoms with Crippen LogP contribution >= 0.6 is 0 Å². The Labute approximate surface area is 381 Å². The number of aromatic nitrogens is 1. The molecule has 0 saturated heterocycles. The molecule has 1 heterocycles. The van der Waals surface area contributed by atoms with Crippen LogP contribution in [0.2, 0.25) is 0 Å². The van der Waals surface area contributed by atoms with Crippen molar-refractivity contribution in [1.82, 2.24) is 4.57 Å². The zero-order valence-electron chi connectivity index (χ0n) is 36.5. The summed E-state index contributed by atoms with van der Waals surface area (Å²) in [5, 5.41) is 2.52. The Balaban J connectivity index is 0.999. The molecule has 11 aromatic rings. The summed E-state index contributed by atoms with van der Waals surface area (Å²) in [5.41, 5.74) is 21.8. The minimum atomic E-state index is -0.218. The highest BCUT2D eigenvalue weighted by Crippen LogP contribution is 2.56. The van der Waals surface area contributed by atoms with Crippen molar-refractivity contribution in [2.24, 2.45) is 0 Å². The summed E-state index contributed by atoms with van der Waals surface area (Å²) in [5.74, 6) is 0. The average molecular weight is 831 g/mol. The molecule has 65 heavy (non-hydrogen) atoms. The Bertz CT molecular complexity index is 3530. The topological polar surface area (TPSA) is 8.17 Å². The van der Waals surface area contributed by atoms with Gasteiger partial charge < -0.3 is 9.47 Å². The predicted octanol–water partition coefficient (Wildman–Crippen LogP) is 17.2. The van der Waals surface area contributed by atoms with E-state index < -0.39 is 0 Å². The Morgan fingerprint density at radius 1 is 0.354 bits per heavy atom. The van der Waals surface area contributed by atoms with Crippen molar-refractivity contribution in [2.45, 2.75) is 19.3 Å². The maximum absolute atomic E-state index is 2.42. The molecule has 2 heteroatoms. The Morgan fingerprint density at radius 2 is 0.862 bits per heavy atom. The van der Waals surface area contributed by atoms with E-state index in [-0.39, 0.29) is 5.41 Å². The zero-order valence-corrected chi connectivity index (χ0v) is 36.5. The normalized spacial score (nSPS) is 12.6. The summed E-state index contributed by atoms with van der Waals surface area (Å²) in [6.45, 7) is 4.80. The van der Waals surface area contributed by atoms with Crippen LogP contribution in [-0.4, -0.2) is 4.57 Å². The lowest BCUT2D eigenvalue weighted by molar-refractivity contribution is 0.662. The third kappa shape index (κ3) is 6.40. The van der Waals surface area contributed by atoms with Crippen molar-refractivity contribution >= 4 is 38.9 Å². The lowest BCUT2D eigenvalue weighted by atomic mass is 9.78. The van der Waals surface area contributed by atoms with E-state index in [4.69, 9.17) is 0 Å². The van der Waals surface area contributed by atoms with E-state index in [0.717, 1.165) is 17.1 Å². The molecule has 308 valence electrons. The highest BCUT2D eigenvalue weighted by molar-refractivity contribution is 6.11. The molecule has 0 radical (unpaired) electrons. The highest BCUT2D eigenvalue weighted by atomic mass is 15.1. The number of hydrogen-bond donors (Lipinski definition) is 0. The van der Waals surface area contributed by atoms with Crippen LogP contribution in [0.15, 0.2) is 243 Å². The van der Waals surface area contributed by atoms with E-state index in [0.29, 0.717) is 0 Å². The quantitative estimate of drug-likeness (QED) is 0.148. The van der Waals surface area contributed by atoms with E-state index in [1.807, 2.05) is 0 Å². The van der Waals surface area contributed by atoms with Gasteiger partial charge in [-0.25, -0.2) is 0 Å². The third-order valence-corrected chi connectivity index (χ3v) is 13.6. The molecule has 1 aliphatic carbocycles. The summed E-state index contributed by atoms with van der Waals surface area (Å²) in [7, 11) is 0. The first-order chi connectivity index (χ1) is 32.0. The van der Waals surface area contributed by atoms with Crippen LogP contribution in [0.3, 0.4) is 0 Å². The summed E-state index contributed by atoms with van der Waals surface area (Å²) in [6.07, 6.45) is 0. The number of rotatable bonds is 8. The second-order valence-electron chi connectivity index (χ2n) is 17.7. The first-order valence-electron chi connectivity index (χ1n) is 22.6. The molecule has 1 aromatic heterocycles. The van der Waals surface area contributed by atoms with Crippen molar-refractivity contribution < 1.29 is 0 Å². The van der Waals surface area contributed by atoms with Crippen molar-refractivity contribution in [3.05, 3.63) is 254 Å². The molecule has 1 aliphatic rings. The van der Waals surface area contributed by atoms with Crippen LogP contribution in [-0.2, 0) is 5.41 Å². The van der Waals surface area contributed by atoms with Crippen molar-refractivity contribution in [1.29, 1.82) is 0 Å². The molecular formula is C63H46N2. The van der Waals surface area contributed by atoms with Gasteiger partial charge in [-0.1, -0.05) is 196 Å². The fraction of sp³-hybridized carbons (Fsp3) is 0.0476. The average Bonchev–Trinajstić information content (AvgIpc) is 3.83. The standard InChI is InChI=1S/C63H46N2/c1-63(2)57-27-15-12-26-55(57)61-52(47-34-41-60-56(42-47)54-25-14-17-29-59(54)65(60)48-22-10-5-11-23-48)39-40-53(62(61)63)46-32-37-50(38-33-46)64(49-35-30-44(31-36-49)43-18-6-3-7-19-43)58-28-16-13-24-51(58)45-20-8-4-9-21-45/h3-42H,1-2H3. The summed E-state index contributed by atoms with van der Waals surface area (Å²) >= 11 is 0. The van der Waals surface area contributed by atoms with Crippen LogP contribution in [0.1, 0.15) is 25.0 Å². The first kappa shape index (κ1) is 38.5. The first-order valence-corrected chi connectivity index (χ1v) is 22.6. The lowest BCUT2D eigenvalue weighted by Crippen LogP contribution is -2.16. The third-order valence-electron chi connectivity index (χ3n) is 13.6. The Kier molecular flexibility index (Phi) is 9.21. The van der Waals surface area contributed by atoms with Gasteiger partial charge in [0.2, 0.25) is 0 Å². The molecule has 0 spiro atoms.